The highest BCUT2D eigenvalue weighted by molar-refractivity contribution is 5.22. The number of aliphatic hydroxyl groups excluding tert-OH is 2. The van der Waals surface area contributed by atoms with Gasteiger partial charge in [-0.3, -0.25) is 4.90 Å². The van der Waals surface area contributed by atoms with Gasteiger partial charge in [0.05, 0.1) is 19.3 Å². The van der Waals surface area contributed by atoms with Crippen LogP contribution in [0.15, 0.2) is 24.3 Å². The fourth-order valence-corrected chi connectivity index (χ4v) is 3.63. The third-order valence-electron chi connectivity index (χ3n) is 4.86. The molecular weight excluding hydrogens is 266 g/mol. The predicted molar refractivity (Wildman–Crippen MR) is 80.7 cm³/mol. The molecule has 3 atom stereocenters. The second kappa shape index (κ2) is 6.88. The molecule has 2 aliphatic rings. The largest absolute Gasteiger partial charge is 0.393 e. The molecule has 0 unspecified atom stereocenters. The van der Waals surface area contributed by atoms with Crippen LogP contribution in [0.5, 0.6) is 0 Å². The van der Waals surface area contributed by atoms with Gasteiger partial charge in [0.25, 0.3) is 0 Å². The van der Waals surface area contributed by atoms with Crippen LogP contribution >= 0.6 is 0 Å². The summed E-state index contributed by atoms with van der Waals surface area (Å²) in [5.74, 6) is 0.248. The van der Waals surface area contributed by atoms with E-state index in [1.807, 2.05) is 12.1 Å². The van der Waals surface area contributed by atoms with Gasteiger partial charge in [-0.15, -0.1) is 0 Å². The molecule has 0 spiro atoms. The zero-order chi connectivity index (χ0) is 14.7. The molecule has 0 radical (unpaired) electrons. The third kappa shape index (κ3) is 3.46. The van der Waals surface area contributed by atoms with Crippen molar-refractivity contribution in [1.82, 2.24) is 4.90 Å². The second-order valence-electron chi connectivity index (χ2n) is 6.25. The van der Waals surface area contributed by atoms with E-state index in [1.165, 1.54) is 12.0 Å². The van der Waals surface area contributed by atoms with Crippen LogP contribution < -0.4 is 0 Å². The molecular formula is C17H25NO3. The molecule has 116 valence electrons. The van der Waals surface area contributed by atoms with Crippen molar-refractivity contribution in [3.8, 4) is 0 Å². The van der Waals surface area contributed by atoms with Gasteiger partial charge in [-0.05, 0) is 36.9 Å². The molecule has 1 aromatic carbocycles. The first-order chi connectivity index (χ1) is 10.3. The van der Waals surface area contributed by atoms with Gasteiger partial charge in [0.2, 0.25) is 0 Å². The van der Waals surface area contributed by atoms with Crippen LogP contribution in [0.1, 0.15) is 30.4 Å². The zero-order valence-electron chi connectivity index (χ0n) is 12.4. The van der Waals surface area contributed by atoms with Crippen molar-refractivity contribution in [3.05, 3.63) is 35.4 Å². The third-order valence-corrected chi connectivity index (χ3v) is 4.86. The Bertz CT molecular complexity index is 448. The van der Waals surface area contributed by atoms with E-state index in [9.17, 15) is 5.11 Å². The molecule has 0 amide bonds. The first-order valence-corrected chi connectivity index (χ1v) is 7.96. The van der Waals surface area contributed by atoms with Crippen LogP contribution in [-0.4, -0.2) is 47.0 Å². The Hall–Kier alpha value is -0.940. The molecule has 4 nitrogen and oxygen atoms in total. The maximum Gasteiger partial charge on any atom is 0.0681 e. The summed E-state index contributed by atoms with van der Waals surface area (Å²) in [4.78, 5) is 2.48. The Kier molecular flexibility index (Phi) is 4.91. The quantitative estimate of drug-likeness (QED) is 0.883. The minimum Gasteiger partial charge on any atom is -0.393 e. The maximum atomic E-state index is 10.2. The number of aliphatic hydroxyl groups is 2. The summed E-state index contributed by atoms with van der Waals surface area (Å²) in [7, 11) is 0. The predicted octanol–water partition coefficient (Wildman–Crippen LogP) is 1.54. The highest BCUT2D eigenvalue weighted by Gasteiger charge is 2.37. The number of nitrogens with zero attached hydrogens (tertiary/aromatic N) is 1. The molecule has 2 fully saturated rings. The summed E-state index contributed by atoms with van der Waals surface area (Å²) in [5, 5.41) is 19.3. The Balaban J connectivity index is 1.65. The molecule has 4 heteroatoms. The Morgan fingerprint density at radius 1 is 1.14 bits per heavy atom. The van der Waals surface area contributed by atoms with Crippen molar-refractivity contribution in [3.63, 3.8) is 0 Å². The van der Waals surface area contributed by atoms with E-state index in [1.54, 1.807) is 0 Å². The second-order valence-corrected chi connectivity index (χ2v) is 6.25. The van der Waals surface area contributed by atoms with Gasteiger partial charge in [0.1, 0.15) is 0 Å². The standard InChI is InChI=1S/C17H25NO3/c19-11-14-5-3-13(4-6-14)10-18-8-1-2-16(18)15-12-21-9-7-17(15)20/h3-6,15-17,19-20H,1-2,7-12H2/t15-,16-,17-/m1/s1. The van der Waals surface area contributed by atoms with Crippen molar-refractivity contribution < 1.29 is 14.9 Å². The van der Waals surface area contributed by atoms with Crippen molar-refractivity contribution >= 4 is 0 Å². The van der Waals surface area contributed by atoms with E-state index in [0.29, 0.717) is 19.3 Å². The van der Waals surface area contributed by atoms with Crippen LogP contribution in [0.25, 0.3) is 0 Å². The number of hydrogen-bond acceptors (Lipinski definition) is 4. The van der Waals surface area contributed by atoms with E-state index < -0.39 is 0 Å². The Morgan fingerprint density at radius 2 is 1.90 bits per heavy atom. The summed E-state index contributed by atoms with van der Waals surface area (Å²) in [6.45, 7) is 3.48. The molecule has 0 saturated carbocycles. The van der Waals surface area contributed by atoms with E-state index in [2.05, 4.69) is 17.0 Å². The molecule has 2 aliphatic heterocycles. The van der Waals surface area contributed by atoms with Crippen molar-refractivity contribution in [2.45, 2.75) is 44.6 Å². The van der Waals surface area contributed by atoms with E-state index in [-0.39, 0.29) is 18.6 Å². The first kappa shape index (κ1) is 15.0. The molecule has 0 aromatic heterocycles. The number of likely N-dealkylation sites (tertiary alicyclic amines) is 1. The molecule has 2 saturated heterocycles. The van der Waals surface area contributed by atoms with Crippen LogP contribution in [0.3, 0.4) is 0 Å². The maximum absolute atomic E-state index is 10.2. The molecule has 0 aliphatic carbocycles. The van der Waals surface area contributed by atoms with E-state index >= 15 is 0 Å². The lowest BCUT2D eigenvalue weighted by atomic mass is 9.89. The summed E-state index contributed by atoms with van der Waals surface area (Å²) >= 11 is 0. The topological polar surface area (TPSA) is 52.9 Å². The molecule has 0 bridgehead atoms. The minimum atomic E-state index is -0.221. The van der Waals surface area contributed by atoms with Gasteiger partial charge in [-0.2, -0.15) is 0 Å². The fraction of sp³-hybridized carbons (Fsp3) is 0.647. The zero-order valence-corrected chi connectivity index (χ0v) is 12.4. The lowest BCUT2D eigenvalue weighted by molar-refractivity contribution is -0.0636. The van der Waals surface area contributed by atoms with Crippen LogP contribution in [0.2, 0.25) is 0 Å². The number of benzene rings is 1. The van der Waals surface area contributed by atoms with Gasteiger partial charge >= 0.3 is 0 Å². The van der Waals surface area contributed by atoms with Crippen molar-refractivity contribution in [1.29, 1.82) is 0 Å². The summed E-state index contributed by atoms with van der Waals surface area (Å²) in [5.41, 5.74) is 2.22. The van der Waals surface area contributed by atoms with E-state index in [4.69, 9.17) is 9.84 Å². The SMILES string of the molecule is OCc1ccc(CN2CCC[C@@H]2[C@H]2COCC[C@H]2O)cc1. The number of rotatable bonds is 4. The van der Waals surface area contributed by atoms with Gasteiger partial charge in [-0.25, -0.2) is 0 Å². The van der Waals surface area contributed by atoms with Gasteiger partial charge in [0.15, 0.2) is 0 Å². The number of ether oxygens (including phenoxy) is 1. The highest BCUT2D eigenvalue weighted by atomic mass is 16.5. The van der Waals surface area contributed by atoms with Crippen molar-refractivity contribution in [2.75, 3.05) is 19.8 Å². The minimum absolute atomic E-state index is 0.0955. The normalized spacial score (nSPS) is 30.7. The fourth-order valence-electron chi connectivity index (χ4n) is 3.63. The molecule has 2 heterocycles. The van der Waals surface area contributed by atoms with Gasteiger partial charge in [-0.1, -0.05) is 24.3 Å². The van der Waals surface area contributed by atoms with Crippen LogP contribution in [0.4, 0.5) is 0 Å². The molecule has 3 rings (SSSR count). The Morgan fingerprint density at radius 3 is 2.62 bits per heavy atom. The highest BCUT2D eigenvalue weighted by Crippen LogP contribution is 2.30. The summed E-state index contributed by atoms with van der Waals surface area (Å²) in [6, 6.07) is 8.58. The number of hydrogen-bond donors (Lipinski definition) is 2. The average Bonchev–Trinajstić information content (AvgIpc) is 2.96. The van der Waals surface area contributed by atoms with Gasteiger partial charge in [0, 0.05) is 25.1 Å². The lowest BCUT2D eigenvalue weighted by Crippen LogP contribution is -2.45. The lowest BCUT2D eigenvalue weighted by Gasteiger charge is -2.37. The van der Waals surface area contributed by atoms with E-state index in [0.717, 1.165) is 31.5 Å². The molecule has 21 heavy (non-hydrogen) atoms. The first-order valence-electron chi connectivity index (χ1n) is 7.96. The molecule has 1 aromatic rings. The Labute approximate surface area is 126 Å². The van der Waals surface area contributed by atoms with Crippen LogP contribution in [-0.2, 0) is 17.9 Å². The summed E-state index contributed by atoms with van der Waals surface area (Å²) < 4.78 is 5.58. The van der Waals surface area contributed by atoms with Crippen molar-refractivity contribution in [2.24, 2.45) is 5.92 Å². The average molecular weight is 291 g/mol. The monoisotopic (exact) mass is 291 g/mol. The summed E-state index contributed by atoms with van der Waals surface area (Å²) in [6.07, 6.45) is 2.89. The molecule has 2 N–H and O–H groups in total. The smallest absolute Gasteiger partial charge is 0.0681 e. The van der Waals surface area contributed by atoms with Gasteiger partial charge < -0.3 is 14.9 Å². The van der Waals surface area contributed by atoms with Crippen LogP contribution in [0, 0.1) is 5.92 Å².